The first-order valence-electron chi connectivity index (χ1n) is 5.93. The summed E-state index contributed by atoms with van der Waals surface area (Å²) in [6.07, 6.45) is 3.32. The number of aromatic nitrogens is 1. The minimum Gasteiger partial charge on any atom is -0.392 e. The number of carbonyl (C=O) groups is 1. The molecule has 1 amide bonds. The Hall–Kier alpha value is -1.01. The molecule has 1 aromatic heterocycles. The average Bonchev–Trinajstić information content (AvgIpc) is 2.67. The fourth-order valence-electron chi connectivity index (χ4n) is 2.44. The summed E-state index contributed by atoms with van der Waals surface area (Å²) in [6.45, 7) is 4.55. The lowest BCUT2D eigenvalue weighted by Gasteiger charge is -2.44. The minimum absolute atomic E-state index is 0.0547. The quantitative estimate of drug-likeness (QED) is 0.826. The molecule has 0 atom stereocenters. The van der Waals surface area contributed by atoms with E-state index in [1.807, 2.05) is 6.92 Å². The Morgan fingerprint density at radius 1 is 1.72 bits per heavy atom. The number of thiazole rings is 1. The molecule has 4 nitrogen and oxygen atoms in total. The molecule has 0 radical (unpaired) electrons. The smallest absolute Gasteiger partial charge is 0.233 e. The van der Waals surface area contributed by atoms with Gasteiger partial charge in [0.25, 0.3) is 0 Å². The Morgan fingerprint density at radius 2 is 2.39 bits per heavy atom. The van der Waals surface area contributed by atoms with E-state index in [0.717, 1.165) is 22.7 Å². The summed E-state index contributed by atoms with van der Waals surface area (Å²) in [6, 6.07) is 0. The van der Waals surface area contributed by atoms with E-state index in [-0.39, 0.29) is 5.91 Å². The van der Waals surface area contributed by atoms with E-state index in [9.17, 15) is 4.79 Å². The Morgan fingerprint density at radius 3 is 2.83 bits per heavy atom. The second-order valence-corrected chi connectivity index (χ2v) is 6.77. The van der Waals surface area contributed by atoms with Crippen molar-refractivity contribution < 1.29 is 4.79 Å². The third kappa shape index (κ3) is 2.40. The number of carbonyl (C=O) groups excluding carboxylic acids is 1. The van der Waals surface area contributed by atoms with Gasteiger partial charge in [0.1, 0.15) is 5.01 Å². The lowest BCUT2D eigenvalue weighted by Crippen LogP contribution is -2.55. The highest BCUT2D eigenvalue weighted by molar-refractivity contribution is 7.80. The van der Waals surface area contributed by atoms with Gasteiger partial charge in [0.2, 0.25) is 5.91 Å². The molecule has 1 aromatic rings. The second kappa shape index (κ2) is 4.93. The SMILES string of the molecule is Cc1cnc(CNC(=O)C2(C(N)=S)CC(C)C2)s1. The van der Waals surface area contributed by atoms with Crippen molar-refractivity contribution in [1.82, 2.24) is 10.3 Å². The number of thiocarbonyl (C=S) groups is 1. The van der Waals surface area contributed by atoms with Crippen LogP contribution in [0.3, 0.4) is 0 Å². The molecule has 1 fully saturated rings. The number of aryl methyl sites for hydroxylation is 1. The van der Waals surface area contributed by atoms with Crippen molar-refractivity contribution in [2.75, 3.05) is 0 Å². The van der Waals surface area contributed by atoms with Crippen molar-refractivity contribution in [1.29, 1.82) is 0 Å². The van der Waals surface area contributed by atoms with Crippen LogP contribution >= 0.6 is 23.6 Å². The molecule has 0 aromatic carbocycles. The highest BCUT2D eigenvalue weighted by Gasteiger charge is 2.50. The summed E-state index contributed by atoms with van der Waals surface area (Å²) < 4.78 is 0. The molecular formula is C12H17N3OS2. The van der Waals surface area contributed by atoms with Crippen LogP contribution in [-0.2, 0) is 11.3 Å². The van der Waals surface area contributed by atoms with Crippen LogP contribution in [0.1, 0.15) is 29.7 Å². The number of hydrogen-bond acceptors (Lipinski definition) is 4. The van der Waals surface area contributed by atoms with Gasteiger partial charge in [0.05, 0.1) is 16.9 Å². The first-order chi connectivity index (χ1) is 8.44. The Bertz CT molecular complexity index is 477. The number of nitrogens with two attached hydrogens (primary N) is 1. The molecule has 2 rings (SSSR count). The van der Waals surface area contributed by atoms with Crippen LogP contribution in [0.4, 0.5) is 0 Å². The van der Waals surface area contributed by atoms with Gasteiger partial charge in [-0.05, 0) is 25.7 Å². The van der Waals surface area contributed by atoms with Crippen LogP contribution in [-0.4, -0.2) is 15.9 Å². The molecule has 3 N–H and O–H groups in total. The fraction of sp³-hybridized carbons (Fsp3) is 0.583. The summed E-state index contributed by atoms with van der Waals surface area (Å²) in [5.41, 5.74) is 5.10. The van der Waals surface area contributed by atoms with Crippen molar-refractivity contribution in [3.63, 3.8) is 0 Å². The maximum absolute atomic E-state index is 12.2. The van der Waals surface area contributed by atoms with Crippen molar-refractivity contribution in [2.45, 2.75) is 33.2 Å². The lowest BCUT2D eigenvalue weighted by atomic mass is 9.62. The van der Waals surface area contributed by atoms with Gasteiger partial charge < -0.3 is 11.1 Å². The van der Waals surface area contributed by atoms with Gasteiger partial charge in [-0.2, -0.15) is 0 Å². The highest BCUT2D eigenvalue weighted by atomic mass is 32.1. The van der Waals surface area contributed by atoms with Crippen LogP contribution in [0.15, 0.2) is 6.20 Å². The van der Waals surface area contributed by atoms with E-state index < -0.39 is 5.41 Å². The van der Waals surface area contributed by atoms with Gasteiger partial charge >= 0.3 is 0 Å². The van der Waals surface area contributed by atoms with E-state index >= 15 is 0 Å². The molecular weight excluding hydrogens is 266 g/mol. The first-order valence-corrected chi connectivity index (χ1v) is 7.16. The summed E-state index contributed by atoms with van der Waals surface area (Å²) in [5, 5.41) is 3.81. The topological polar surface area (TPSA) is 68.0 Å². The van der Waals surface area contributed by atoms with Gasteiger partial charge in [-0.1, -0.05) is 19.1 Å². The molecule has 1 saturated carbocycles. The number of hydrogen-bond donors (Lipinski definition) is 2. The van der Waals surface area contributed by atoms with Crippen molar-refractivity contribution >= 4 is 34.5 Å². The van der Waals surface area contributed by atoms with Crippen LogP contribution in [0.2, 0.25) is 0 Å². The van der Waals surface area contributed by atoms with E-state index in [0.29, 0.717) is 17.5 Å². The predicted octanol–water partition coefficient (Wildman–Crippen LogP) is 1.77. The van der Waals surface area contributed by atoms with Gasteiger partial charge in [-0.25, -0.2) is 4.98 Å². The van der Waals surface area contributed by atoms with E-state index in [1.54, 1.807) is 17.5 Å². The third-order valence-electron chi connectivity index (χ3n) is 3.37. The number of nitrogens with zero attached hydrogens (tertiary/aromatic N) is 1. The third-order valence-corrected chi connectivity index (χ3v) is 4.67. The maximum Gasteiger partial charge on any atom is 0.233 e. The lowest BCUT2D eigenvalue weighted by molar-refractivity contribution is -0.133. The molecule has 1 aliphatic carbocycles. The molecule has 1 aliphatic rings. The highest BCUT2D eigenvalue weighted by Crippen LogP contribution is 2.46. The fourth-order valence-corrected chi connectivity index (χ4v) is 3.42. The summed E-state index contributed by atoms with van der Waals surface area (Å²) >= 11 is 6.63. The van der Waals surface area contributed by atoms with Crippen LogP contribution in [0, 0.1) is 18.3 Å². The summed E-state index contributed by atoms with van der Waals surface area (Å²) in [4.78, 5) is 17.9. The Kier molecular flexibility index (Phi) is 3.68. The zero-order valence-corrected chi connectivity index (χ0v) is 12.2. The van der Waals surface area contributed by atoms with E-state index in [1.165, 1.54) is 0 Å². The van der Waals surface area contributed by atoms with Gasteiger partial charge in [-0.15, -0.1) is 11.3 Å². The molecule has 18 heavy (non-hydrogen) atoms. The molecule has 0 bridgehead atoms. The molecule has 1 heterocycles. The molecule has 0 spiro atoms. The Labute approximate surface area is 116 Å². The standard InChI is InChI=1S/C12H17N3OS2/c1-7-3-12(4-7,10(13)17)11(16)15-6-9-14-5-8(2)18-9/h5,7H,3-4,6H2,1-2H3,(H2,13,17)(H,15,16). The van der Waals surface area contributed by atoms with Crippen molar-refractivity contribution in [2.24, 2.45) is 17.1 Å². The van der Waals surface area contributed by atoms with E-state index in [2.05, 4.69) is 17.2 Å². The molecule has 98 valence electrons. The monoisotopic (exact) mass is 283 g/mol. The normalized spacial score (nSPS) is 26.4. The average molecular weight is 283 g/mol. The zero-order chi connectivity index (χ0) is 13.3. The van der Waals surface area contributed by atoms with E-state index in [4.69, 9.17) is 18.0 Å². The summed E-state index contributed by atoms with van der Waals surface area (Å²) in [5.74, 6) is 0.459. The minimum atomic E-state index is -0.624. The van der Waals surface area contributed by atoms with Crippen LogP contribution in [0.5, 0.6) is 0 Å². The number of amides is 1. The maximum atomic E-state index is 12.2. The van der Waals surface area contributed by atoms with Crippen molar-refractivity contribution in [3.05, 3.63) is 16.1 Å². The predicted molar refractivity (Wildman–Crippen MR) is 76.3 cm³/mol. The van der Waals surface area contributed by atoms with Gasteiger partial charge in [-0.3, -0.25) is 4.79 Å². The summed E-state index contributed by atoms with van der Waals surface area (Å²) in [7, 11) is 0. The number of nitrogens with one attached hydrogen (secondary N) is 1. The first kappa shape index (κ1) is 13.4. The Balaban J connectivity index is 1.97. The molecule has 0 aliphatic heterocycles. The number of rotatable bonds is 4. The largest absolute Gasteiger partial charge is 0.392 e. The van der Waals surface area contributed by atoms with Crippen molar-refractivity contribution in [3.8, 4) is 0 Å². The van der Waals surface area contributed by atoms with Gasteiger partial charge in [0.15, 0.2) is 0 Å². The zero-order valence-electron chi connectivity index (χ0n) is 10.5. The molecule has 6 heteroatoms. The molecule has 0 unspecified atom stereocenters. The second-order valence-electron chi connectivity index (χ2n) is 5.01. The van der Waals surface area contributed by atoms with Crippen LogP contribution in [0.25, 0.3) is 0 Å². The van der Waals surface area contributed by atoms with Crippen LogP contribution < -0.4 is 11.1 Å². The van der Waals surface area contributed by atoms with Gasteiger partial charge in [0, 0.05) is 11.1 Å². The molecule has 0 saturated heterocycles.